The molecule has 1 aromatic carbocycles. The van der Waals surface area contributed by atoms with Crippen molar-refractivity contribution in [3.8, 4) is 0 Å². The smallest absolute Gasteiger partial charge is 0.313 e. The highest BCUT2D eigenvalue weighted by Crippen LogP contribution is 2.17. The Kier molecular flexibility index (Phi) is 4.85. The Hall–Kier alpha value is -2.02. The molecule has 1 aliphatic rings. The van der Waals surface area contributed by atoms with Crippen LogP contribution in [0.2, 0.25) is 0 Å². The van der Waals surface area contributed by atoms with Gasteiger partial charge in [0, 0.05) is 31.5 Å². The van der Waals surface area contributed by atoms with Crippen LogP contribution in [0.25, 0.3) is 0 Å². The predicted molar refractivity (Wildman–Crippen MR) is 71.4 cm³/mol. The van der Waals surface area contributed by atoms with Crippen LogP contribution in [-0.4, -0.2) is 41.5 Å². The van der Waals surface area contributed by atoms with Crippen LogP contribution in [0, 0.1) is 17.6 Å². The zero-order valence-electron chi connectivity index (χ0n) is 11.3. The van der Waals surface area contributed by atoms with Gasteiger partial charge in [-0.15, -0.1) is 0 Å². The second-order valence-corrected chi connectivity index (χ2v) is 5.03. The van der Waals surface area contributed by atoms with E-state index in [1.165, 1.54) is 11.0 Å². The molecule has 2 rings (SSSR count). The van der Waals surface area contributed by atoms with Gasteiger partial charge in [0.1, 0.15) is 0 Å². The van der Waals surface area contributed by atoms with Gasteiger partial charge in [0.25, 0.3) is 0 Å². The van der Waals surface area contributed by atoms with E-state index in [4.69, 9.17) is 5.11 Å². The summed E-state index contributed by atoms with van der Waals surface area (Å²) in [6.45, 7) is 0.732. The maximum Gasteiger partial charge on any atom is 0.313 e. The molecule has 0 radical (unpaired) electrons. The Bertz CT molecular complexity index is 551. The SMILES string of the molecule is O=C(Nc1ccc(F)c(F)c1)C(=O)N1CCCC(CO)C1. The number of carbonyl (C=O) groups is 2. The molecule has 1 aliphatic heterocycles. The van der Waals surface area contributed by atoms with Gasteiger partial charge >= 0.3 is 11.8 Å². The van der Waals surface area contributed by atoms with E-state index in [-0.39, 0.29) is 18.2 Å². The fourth-order valence-corrected chi connectivity index (χ4v) is 2.30. The Morgan fingerprint density at radius 3 is 2.76 bits per heavy atom. The third-order valence-corrected chi connectivity index (χ3v) is 3.44. The van der Waals surface area contributed by atoms with E-state index in [0.29, 0.717) is 13.1 Å². The van der Waals surface area contributed by atoms with Crippen LogP contribution in [0.4, 0.5) is 14.5 Å². The number of amides is 2. The Morgan fingerprint density at radius 2 is 2.10 bits per heavy atom. The highest BCUT2D eigenvalue weighted by atomic mass is 19.2. The quantitative estimate of drug-likeness (QED) is 0.804. The molecule has 0 bridgehead atoms. The van der Waals surface area contributed by atoms with Crippen molar-refractivity contribution in [2.24, 2.45) is 5.92 Å². The van der Waals surface area contributed by atoms with Crippen molar-refractivity contribution in [1.29, 1.82) is 0 Å². The Balaban J connectivity index is 1.99. The summed E-state index contributed by atoms with van der Waals surface area (Å²) in [4.78, 5) is 25.2. The lowest BCUT2D eigenvalue weighted by molar-refractivity contribution is -0.144. The number of halogens is 2. The standard InChI is InChI=1S/C14H16F2N2O3/c15-11-4-3-10(6-12(11)16)17-13(20)14(21)18-5-1-2-9(7-18)8-19/h3-4,6,9,19H,1-2,5,7-8H2,(H,17,20). The van der Waals surface area contributed by atoms with Gasteiger partial charge in [0.05, 0.1) is 0 Å². The zero-order valence-corrected chi connectivity index (χ0v) is 11.3. The predicted octanol–water partition coefficient (Wildman–Crippen LogP) is 1.13. The number of nitrogens with one attached hydrogen (secondary N) is 1. The number of carbonyl (C=O) groups excluding carboxylic acids is 2. The fraction of sp³-hybridized carbons (Fsp3) is 0.429. The summed E-state index contributed by atoms with van der Waals surface area (Å²) >= 11 is 0. The second kappa shape index (κ2) is 6.62. The highest BCUT2D eigenvalue weighted by Gasteiger charge is 2.27. The van der Waals surface area contributed by atoms with Crippen molar-refractivity contribution in [2.75, 3.05) is 25.0 Å². The molecular formula is C14H16F2N2O3. The number of nitrogens with zero attached hydrogens (tertiary/aromatic N) is 1. The minimum atomic E-state index is -1.10. The molecule has 5 nitrogen and oxygen atoms in total. The van der Waals surface area contributed by atoms with E-state index in [2.05, 4.69) is 5.32 Å². The number of hydrogen-bond acceptors (Lipinski definition) is 3. The van der Waals surface area contributed by atoms with Crippen molar-refractivity contribution in [2.45, 2.75) is 12.8 Å². The third kappa shape index (κ3) is 3.75. The number of rotatable bonds is 2. The van der Waals surface area contributed by atoms with Gasteiger partial charge in [0.2, 0.25) is 0 Å². The number of aliphatic hydroxyl groups is 1. The van der Waals surface area contributed by atoms with Crippen molar-refractivity contribution in [3.05, 3.63) is 29.8 Å². The van der Waals surface area contributed by atoms with Crippen LogP contribution in [0.15, 0.2) is 18.2 Å². The first-order valence-corrected chi connectivity index (χ1v) is 6.67. The molecule has 1 unspecified atom stereocenters. The van der Waals surface area contributed by atoms with Crippen LogP contribution in [0.1, 0.15) is 12.8 Å². The molecule has 2 amide bonds. The maximum absolute atomic E-state index is 13.0. The first-order chi connectivity index (χ1) is 10.0. The molecule has 1 fully saturated rings. The molecular weight excluding hydrogens is 282 g/mol. The highest BCUT2D eigenvalue weighted by molar-refractivity contribution is 6.39. The van der Waals surface area contributed by atoms with E-state index >= 15 is 0 Å². The molecule has 1 aromatic rings. The molecule has 1 atom stereocenters. The van der Waals surface area contributed by atoms with Crippen LogP contribution in [0.3, 0.4) is 0 Å². The molecule has 1 saturated heterocycles. The van der Waals surface area contributed by atoms with E-state index in [1.54, 1.807) is 0 Å². The maximum atomic E-state index is 13.0. The van der Waals surface area contributed by atoms with Gasteiger partial charge in [-0.3, -0.25) is 9.59 Å². The summed E-state index contributed by atoms with van der Waals surface area (Å²) in [6, 6.07) is 2.86. The lowest BCUT2D eigenvalue weighted by Gasteiger charge is -2.31. The molecule has 114 valence electrons. The zero-order chi connectivity index (χ0) is 15.4. The number of aliphatic hydroxyl groups excluding tert-OH is 1. The first-order valence-electron chi connectivity index (χ1n) is 6.67. The third-order valence-electron chi connectivity index (χ3n) is 3.44. The van der Waals surface area contributed by atoms with Gasteiger partial charge in [-0.05, 0) is 30.9 Å². The van der Waals surface area contributed by atoms with Crippen molar-refractivity contribution >= 4 is 17.5 Å². The van der Waals surface area contributed by atoms with E-state index in [1.807, 2.05) is 0 Å². The van der Waals surface area contributed by atoms with Gasteiger partial charge in [0.15, 0.2) is 11.6 Å². The van der Waals surface area contributed by atoms with Crippen molar-refractivity contribution in [1.82, 2.24) is 4.90 Å². The van der Waals surface area contributed by atoms with Crippen LogP contribution in [0.5, 0.6) is 0 Å². The molecule has 0 aromatic heterocycles. The van der Waals surface area contributed by atoms with Crippen LogP contribution >= 0.6 is 0 Å². The number of likely N-dealkylation sites (tertiary alicyclic amines) is 1. The van der Waals surface area contributed by atoms with Gasteiger partial charge in [-0.1, -0.05) is 0 Å². The van der Waals surface area contributed by atoms with Crippen molar-refractivity contribution in [3.63, 3.8) is 0 Å². The summed E-state index contributed by atoms with van der Waals surface area (Å²) < 4.78 is 25.8. The summed E-state index contributed by atoms with van der Waals surface area (Å²) in [5.41, 5.74) is 0.0166. The van der Waals surface area contributed by atoms with Crippen molar-refractivity contribution < 1.29 is 23.5 Å². The second-order valence-electron chi connectivity index (χ2n) is 5.03. The molecule has 1 heterocycles. The molecule has 0 saturated carbocycles. The van der Waals surface area contributed by atoms with Crippen LogP contribution in [-0.2, 0) is 9.59 Å². The van der Waals surface area contributed by atoms with E-state index in [0.717, 1.165) is 25.0 Å². The lowest BCUT2D eigenvalue weighted by atomic mass is 9.99. The Morgan fingerprint density at radius 1 is 1.33 bits per heavy atom. The lowest BCUT2D eigenvalue weighted by Crippen LogP contribution is -2.45. The summed E-state index contributed by atoms with van der Waals surface area (Å²) in [7, 11) is 0. The molecule has 0 spiro atoms. The van der Waals surface area contributed by atoms with E-state index in [9.17, 15) is 18.4 Å². The number of anilines is 1. The van der Waals surface area contributed by atoms with Gasteiger partial charge in [-0.25, -0.2) is 8.78 Å². The molecule has 7 heteroatoms. The fourth-order valence-electron chi connectivity index (χ4n) is 2.30. The Labute approximate surface area is 120 Å². The summed E-state index contributed by atoms with van der Waals surface area (Å²) in [5.74, 6) is -3.80. The summed E-state index contributed by atoms with van der Waals surface area (Å²) in [5, 5.41) is 11.3. The minimum Gasteiger partial charge on any atom is -0.396 e. The monoisotopic (exact) mass is 298 g/mol. The number of hydrogen-bond donors (Lipinski definition) is 2. The average Bonchev–Trinajstić information content (AvgIpc) is 2.50. The first kappa shape index (κ1) is 15.4. The number of benzene rings is 1. The van der Waals surface area contributed by atoms with Gasteiger partial charge < -0.3 is 15.3 Å². The molecule has 0 aliphatic carbocycles. The largest absolute Gasteiger partial charge is 0.396 e. The normalized spacial score (nSPS) is 18.4. The van der Waals surface area contributed by atoms with Gasteiger partial charge in [-0.2, -0.15) is 0 Å². The van der Waals surface area contributed by atoms with Crippen LogP contribution < -0.4 is 5.32 Å². The topological polar surface area (TPSA) is 69.6 Å². The van der Waals surface area contributed by atoms with E-state index < -0.39 is 23.4 Å². The molecule has 2 N–H and O–H groups in total. The average molecular weight is 298 g/mol. The summed E-state index contributed by atoms with van der Waals surface area (Å²) in [6.07, 6.45) is 1.53. The minimum absolute atomic E-state index is 0.0166. The molecule has 21 heavy (non-hydrogen) atoms. The number of piperidine rings is 1.